The molecular formula is C16H15NO4. The van der Waals surface area contributed by atoms with E-state index in [1.54, 1.807) is 36.4 Å². The topological polar surface area (TPSA) is 89.6 Å². The summed E-state index contributed by atoms with van der Waals surface area (Å²) < 4.78 is 5.57. The van der Waals surface area contributed by atoms with Gasteiger partial charge < -0.3 is 15.6 Å². The minimum atomic E-state index is -1.04. The molecule has 1 amide bonds. The number of rotatable bonds is 5. The third-order valence-electron chi connectivity index (χ3n) is 3.13. The number of carbonyl (C=O) groups excluding carboxylic acids is 1. The van der Waals surface area contributed by atoms with Gasteiger partial charge in [-0.3, -0.25) is 4.79 Å². The first-order valence-corrected chi connectivity index (χ1v) is 6.33. The Labute approximate surface area is 122 Å². The predicted molar refractivity (Wildman–Crippen MR) is 77.4 cm³/mol. The molecule has 2 aromatic carbocycles. The monoisotopic (exact) mass is 285 g/mol. The molecule has 5 heteroatoms. The van der Waals surface area contributed by atoms with E-state index < -0.39 is 11.9 Å². The van der Waals surface area contributed by atoms with Gasteiger partial charge in [-0.2, -0.15) is 0 Å². The minimum absolute atomic E-state index is 0.115. The van der Waals surface area contributed by atoms with E-state index in [0.29, 0.717) is 11.3 Å². The lowest BCUT2D eigenvalue weighted by Gasteiger charge is -2.11. The summed E-state index contributed by atoms with van der Waals surface area (Å²) in [5.74, 6) is -1.21. The molecule has 0 aliphatic carbocycles. The van der Waals surface area contributed by atoms with E-state index in [1.807, 2.05) is 6.92 Å². The smallest absolute Gasteiger partial charge is 0.339 e. The standard InChI is InChI=1S/C16H15NO4/c1-10-8-11(15(17)18)6-7-12(10)9-21-14-5-3-2-4-13(14)16(19)20/h2-8H,9H2,1H3,(H2,17,18)(H,19,20). The highest BCUT2D eigenvalue weighted by atomic mass is 16.5. The van der Waals surface area contributed by atoms with Crippen molar-refractivity contribution >= 4 is 11.9 Å². The number of hydrogen-bond acceptors (Lipinski definition) is 3. The van der Waals surface area contributed by atoms with Gasteiger partial charge in [-0.1, -0.05) is 18.2 Å². The summed E-state index contributed by atoms with van der Waals surface area (Å²) in [6, 6.07) is 11.5. The molecule has 0 saturated carbocycles. The van der Waals surface area contributed by atoms with Crippen LogP contribution in [0.25, 0.3) is 0 Å². The molecule has 0 atom stereocenters. The van der Waals surface area contributed by atoms with Crippen molar-refractivity contribution in [3.05, 3.63) is 64.7 Å². The zero-order valence-electron chi connectivity index (χ0n) is 11.5. The average molecular weight is 285 g/mol. The second-order valence-electron chi connectivity index (χ2n) is 4.60. The Kier molecular flexibility index (Phi) is 4.23. The van der Waals surface area contributed by atoms with Crippen molar-refractivity contribution in [1.82, 2.24) is 0 Å². The lowest BCUT2D eigenvalue weighted by molar-refractivity contribution is 0.0691. The molecule has 0 radical (unpaired) electrons. The summed E-state index contributed by atoms with van der Waals surface area (Å²) in [4.78, 5) is 22.2. The highest BCUT2D eigenvalue weighted by Crippen LogP contribution is 2.20. The van der Waals surface area contributed by atoms with Crippen LogP contribution >= 0.6 is 0 Å². The molecule has 21 heavy (non-hydrogen) atoms. The van der Waals surface area contributed by atoms with Crippen LogP contribution in [-0.2, 0) is 6.61 Å². The van der Waals surface area contributed by atoms with Crippen molar-refractivity contribution < 1.29 is 19.4 Å². The largest absolute Gasteiger partial charge is 0.488 e. The van der Waals surface area contributed by atoms with Gasteiger partial charge in [0.05, 0.1) is 0 Å². The highest BCUT2D eigenvalue weighted by molar-refractivity contribution is 5.93. The lowest BCUT2D eigenvalue weighted by atomic mass is 10.1. The van der Waals surface area contributed by atoms with Gasteiger partial charge in [0.1, 0.15) is 17.9 Å². The van der Waals surface area contributed by atoms with Gasteiger partial charge >= 0.3 is 5.97 Å². The molecule has 0 heterocycles. The molecule has 0 unspecified atom stereocenters. The third-order valence-corrected chi connectivity index (χ3v) is 3.13. The van der Waals surface area contributed by atoms with Crippen molar-refractivity contribution in [3.63, 3.8) is 0 Å². The molecule has 0 spiro atoms. The Hall–Kier alpha value is -2.82. The van der Waals surface area contributed by atoms with E-state index >= 15 is 0 Å². The molecule has 0 aliphatic rings. The van der Waals surface area contributed by atoms with Crippen molar-refractivity contribution in [1.29, 1.82) is 0 Å². The van der Waals surface area contributed by atoms with Crippen LogP contribution in [0.15, 0.2) is 42.5 Å². The first-order chi connectivity index (χ1) is 9.99. The van der Waals surface area contributed by atoms with E-state index in [0.717, 1.165) is 11.1 Å². The fraction of sp³-hybridized carbons (Fsp3) is 0.125. The summed E-state index contributed by atoms with van der Waals surface area (Å²) in [5, 5.41) is 9.08. The number of nitrogens with two attached hydrogens (primary N) is 1. The second-order valence-corrected chi connectivity index (χ2v) is 4.60. The summed E-state index contributed by atoms with van der Waals surface area (Å²) >= 11 is 0. The van der Waals surface area contributed by atoms with Crippen molar-refractivity contribution in [3.8, 4) is 5.75 Å². The molecule has 3 N–H and O–H groups in total. The van der Waals surface area contributed by atoms with Crippen LogP contribution in [0.3, 0.4) is 0 Å². The van der Waals surface area contributed by atoms with Gasteiger partial charge in [-0.15, -0.1) is 0 Å². The maximum Gasteiger partial charge on any atom is 0.339 e. The van der Waals surface area contributed by atoms with Crippen LogP contribution in [0.4, 0.5) is 0 Å². The molecule has 0 fully saturated rings. The highest BCUT2D eigenvalue weighted by Gasteiger charge is 2.11. The average Bonchev–Trinajstić information content (AvgIpc) is 2.46. The summed E-state index contributed by atoms with van der Waals surface area (Å²) in [6.45, 7) is 2.06. The van der Waals surface area contributed by atoms with Crippen molar-refractivity contribution in [2.24, 2.45) is 5.73 Å². The van der Waals surface area contributed by atoms with Crippen LogP contribution in [0.2, 0.25) is 0 Å². The predicted octanol–water partition coefficient (Wildman–Crippen LogP) is 2.37. The van der Waals surface area contributed by atoms with Gasteiger partial charge in [0.25, 0.3) is 0 Å². The van der Waals surface area contributed by atoms with Crippen LogP contribution in [-0.4, -0.2) is 17.0 Å². The number of carboxylic acids is 1. The Morgan fingerprint density at radius 3 is 2.52 bits per heavy atom. The van der Waals surface area contributed by atoms with Gasteiger partial charge in [0.15, 0.2) is 0 Å². The summed E-state index contributed by atoms with van der Waals surface area (Å²) in [5.41, 5.74) is 7.48. The third kappa shape index (κ3) is 3.39. The second kappa shape index (κ2) is 6.09. The zero-order chi connectivity index (χ0) is 15.4. The molecular weight excluding hydrogens is 270 g/mol. The van der Waals surface area contributed by atoms with Gasteiger partial charge in [0.2, 0.25) is 5.91 Å². The molecule has 0 aliphatic heterocycles. The van der Waals surface area contributed by atoms with E-state index in [-0.39, 0.29) is 12.2 Å². The molecule has 0 aromatic heterocycles. The SMILES string of the molecule is Cc1cc(C(N)=O)ccc1COc1ccccc1C(=O)O. The summed E-state index contributed by atoms with van der Waals surface area (Å²) in [6.07, 6.45) is 0. The molecule has 2 aromatic rings. The number of amides is 1. The number of para-hydroxylation sites is 1. The fourth-order valence-electron chi connectivity index (χ4n) is 1.94. The van der Waals surface area contributed by atoms with E-state index in [1.165, 1.54) is 6.07 Å². The fourth-order valence-corrected chi connectivity index (χ4v) is 1.94. The number of benzene rings is 2. The number of aromatic carboxylic acids is 1. The zero-order valence-corrected chi connectivity index (χ0v) is 11.5. The lowest BCUT2D eigenvalue weighted by Crippen LogP contribution is -2.11. The van der Waals surface area contributed by atoms with Crippen molar-refractivity contribution in [2.45, 2.75) is 13.5 Å². The maximum atomic E-state index is 11.1. The van der Waals surface area contributed by atoms with Crippen LogP contribution in [0, 0.1) is 6.92 Å². The van der Waals surface area contributed by atoms with E-state index in [9.17, 15) is 9.59 Å². The number of carboxylic acid groups (broad SMARTS) is 1. The quantitative estimate of drug-likeness (QED) is 0.882. The van der Waals surface area contributed by atoms with Gasteiger partial charge in [0, 0.05) is 5.56 Å². The maximum absolute atomic E-state index is 11.1. The van der Waals surface area contributed by atoms with Gasteiger partial charge in [-0.05, 0) is 42.3 Å². The molecule has 108 valence electrons. The van der Waals surface area contributed by atoms with E-state index in [4.69, 9.17) is 15.6 Å². The number of aryl methyl sites for hydroxylation is 1. The van der Waals surface area contributed by atoms with Crippen molar-refractivity contribution in [2.75, 3.05) is 0 Å². The molecule has 0 saturated heterocycles. The van der Waals surface area contributed by atoms with Crippen LogP contribution in [0.5, 0.6) is 5.75 Å². The normalized spacial score (nSPS) is 10.1. The Bertz CT molecular complexity index is 694. The number of hydrogen-bond donors (Lipinski definition) is 2. The number of primary amides is 1. The van der Waals surface area contributed by atoms with Crippen LogP contribution in [0.1, 0.15) is 31.8 Å². The number of carbonyl (C=O) groups is 2. The van der Waals surface area contributed by atoms with E-state index in [2.05, 4.69) is 0 Å². The van der Waals surface area contributed by atoms with Gasteiger partial charge in [-0.25, -0.2) is 4.79 Å². The summed E-state index contributed by atoms with van der Waals surface area (Å²) in [7, 11) is 0. The Morgan fingerprint density at radius 1 is 1.19 bits per heavy atom. The first-order valence-electron chi connectivity index (χ1n) is 6.33. The Morgan fingerprint density at radius 2 is 1.90 bits per heavy atom. The minimum Gasteiger partial charge on any atom is -0.488 e. The molecule has 5 nitrogen and oxygen atoms in total. The Balaban J connectivity index is 2.17. The van der Waals surface area contributed by atoms with Crippen LogP contribution < -0.4 is 10.5 Å². The first kappa shape index (κ1) is 14.6. The molecule has 2 rings (SSSR count). The number of ether oxygens (including phenoxy) is 1. The molecule has 0 bridgehead atoms.